The van der Waals surface area contributed by atoms with E-state index >= 15 is 0 Å². The Balaban J connectivity index is 1.82. The highest BCUT2D eigenvalue weighted by atomic mass is 35.5. The van der Waals surface area contributed by atoms with E-state index < -0.39 is 0 Å². The van der Waals surface area contributed by atoms with E-state index in [0.29, 0.717) is 27.5 Å². The second-order valence-electron chi connectivity index (χ2n) is 5.31. The van der Waals surface area contributed by atoms with Crippen molar-refractivity contribution < 1.29 is 0 Å². The van der Waals surface area contributed by atoms with Crippen molar-refractivity contribution in [2.75, 3.05) is 10.6 Å². The van der Waals surface area contributed by atoms with Gasteiger partial charge in [-0.2, -0.15) is 10.1 Å². The molecule has 0 atom stereocenters. The molecular formula is C17H15Cl2N5. The minimum atomic E-state index is 0.304. The first kappa shape index (κ1) is 16.5. The molecule has 3 rings (SSSR count). The Bertz CT molecular complexity index is 862. The van der Waals surface area contributed by atoms with Crippen LogP contribution in [0.3, 0.4) is 0 Å². The highest BCUT2D eigenvalue weighted by molar-refractivity contribution is 6.39. The number of hydrogen-bond acceptors (Lipinski definition) is 5. The van der Waals surface area contributed by atoms with Crippen molar-refractivity contribution in [1.29, 1.82) is 0 Å². The third kappa shape index (κ3) is 3.75. The summed E-state index contributed by atoms with van der Waals surface area (Å²) >= 11 is 12.3. The van der Waals surface area contributed by atoms with Crippen molar-refractivity contribution in [2.24, 2.45) is 0 Å². The van der Waals surface area contributed by atoms with Crippen LogP contribution in [0.1, 0.15) is 11.1 Å². The minimum absolute atomic E-state index is 0.304. The zero-order valence-electron chi connectivity index (χ0n) is 13.1. The fraction of sp³-hybridized carbons (Fsp3) is 0.118. The van der Waals surface area contributed by atoms with Gasteiger partial charge in [-0.25, -0.2) is 0 Å². The molecule has 7 heteroatoms. The monoisotopic (exact) mass is 359 g/mol. The lowest BCUT2D eigenvalue weighted by atomic mass is 10.1. The maximum Gasteiger partial charge on any atom is 0.249 e. The summed E-state index contributed by atoms with van der Waals surface area (Å²) in [4.78, 5) is 4.38. The van der Waals surface area contributed by atoms with E-state index in [-0.39, 0.29) is 0 Å². The molecule has 2 aromatic carbocycles. The molecule has 0 aliphatic rings. The standard InChI is InChI=1S/C17H15Cl2N5/c1-10-6-7-12(8-11(10)2)21-15-9-20-24-17(22-15)23-16-13(18)4-3-5-14(16)19/h3-9H,1-2H3,(H2,21,22,23,24). The minimum Gasteiger partial charge on any atom is -0.339 e. The smallest absolute Gasteiger partial charge is 0.249 e. The van der Waals surface area contributed by atoms with Crippen molar-refractivity contribution in [2.45, 2.75) is 13.8 Å². The van der Waals surface area contributed by atoms with Crippen molar-refractivity contribution in [3.05, 3.63) is 63.8 Å². The van der Waals surface area contributed by atoms with Gasteiger partial charge in [-0.05, 0) is 49.2 Å². The van der Waals surface area contributed by atoms with Gasteiger partial charge in [-0.1, -0.05) is 35.3 Å². The van der Waals surface area contributed by atoms with Crippen molar-refractivity contribution in [3.8, 4) is 0 Å². The van der Waals surface area contributed by atoms with E-state index in [1.165, 1.54) is 11.1 Å². The summed E-state index contributed by atoms with van der Waals surface area (Å²) in [6.07, 6.45) is 1.55. The van der Waals surface area contributed by atoms with Crippen LogP contribution >= 0.6 is 23.2 Å². The SMILES string of the molecule is Cc1ccc(Nc2cnnc(Nc3c(Cl)cccc3Cl)n2)cc1C. The number of hydrogen-bond donors (Lipinski definition) is 2. The summed E-state index contributed by atoms with van der Waals surface area (Å²) in [5, 5.41) is 15.1. The van der Waals surface area contributed by atoms with Crippen LogP contribution < -0.4 is 10.6 Å². The number of halogens is 2. The molecular weight excluding hydrogens is 345 g/mol. The van der Waals surface area contributed by atoms with Gasteiger partial charge in [-0.3, -0.25) is 0 Å². The molecule has 3 aromatic rings. The van der Waals surface area contributed by atoms with Gasteiger partial charge in [0.1, 0.15) is 0 Å². The van der Waals surface area contributed by atoms with Gasteiger partial charge in [-0.15, -0.1) is 5.10 Å². The number of anilines is 4. The maximum absolute atomic E-state index is 6.14. The predicted octanol–water partition coefficient (Wildman–Crippen LogP) is 5.28. The second kappa shape index (κ2) is 7.03. The number of para-hydroxylation sites is 1. The molecule has 1 heterocycles. The molecule has 0 unspecified atom stereocenters. The van der Waals surface area contributed by atoms with Crippen molar-refractivity contribution in [3.63, 3.8) is 0 Å². The Labute approximate surface area is 150 Å². The van der Waals surface area contributed by atoms with Crippen LogP contribution in [0, 0.1) is 13.8 Å². The number of aromatic nitrogens is 3. The van der Waals surface area contributed by atoms with Crippen LogP contribution in [0.25, 0.3) is 0 Å². The Hall–Kier alpha value is -2.37. The van der Waals surface area contributed by atoms with Crippen molar-refractivity contribution >= 4 is 46.3 Å². The highest BCUT2D eigenvalue weighted by Gasteiger charge is 2.08. The first-order chi connectivity index (χ1) is 11.5. The fourth-order valence-electron chi connectivity index (χ4n) is 2.11. The van der Waals surface area contributed by atoms with E-state index in [1.54, 1.807) is 24.4 Å². The molecule has 0 spiro atoms. The number of benzene rings is 2. The Morgan fingerprint density at radius 1 is 0.917 bits per heavy atom. The lowest BCUT2D eigenvalue weighted by Crippen LogP contribution is -2.03. The number of aryl methyl sites for hydroxylation is 2. The molecule has 0 bridgehead atoms. The zero-order valence-corrected chi connectivity index (χ0v) is 14.7. The molecule has 5 nitrogen and oxygen atoms in total. The Morgan fingerprint density at radius 2 is 1.67 bits per heavy atom. The van der Waals surface area contributed by atoms with Gasteiger partial charge in [0.25, 0.3) is 0 Å². The lowest BCUT2D eigenvalue weighted by molar-refractivity contribution is 0.982. The molecule has 1 aromatic heterocycles. The van der Waals surface area contributed by atoms with Crippen LogP contribution in [0.15, 0.2) is 42.6 Å². The van der Waals surface area contributed by atoms with E-state index in [0.717, 1.165) is 5.69 Å². The maximum atomic E-state index is 6.14. The van der Waals surface area contributed by atoms with Crippen LogP contribution in [0.4, 0.5) is 23.1 Å². The summed E-state index contributed by atoms with van der Waals surface area (Å²) < 4.78 is 0. The molecule has 122 valence electrons. The highest BCUT2D eigenvalue weighted by Crippen LogP contribution is 2.31. The summed E-state index contributed by atoms with van der Waals surface area (Å²) in [5.74, 6) is 0.873. The van der Waals surface area contributed by atoms with Crippen LogP contribution in [-0.2, 0) is 0 Å². The van der Waals surface area contributed by atoms with E-state index in [1.807, 2.05) is 6.07 Å². The Morgan fingerprint density at radius 3 is 2.38 bits per heavy atom. The third-order valence-electron chi connectivity index (χ3n) is 3.54. The van der Waals surface area contributed by atoms with Gasteiger partial charge in [0, 0.05) is 5.69 Å². The normalized spacial score (nSPS) is 10.5. The third-order valence-corrected chi connectivity index (χ3v) is 4.17. The van der Waals surface area contributed by atoms with Gasteiger partial charge < -0.3 is 10.6 Å². The van der Waals surface area contributed by atoms with Gasteiger partial charge in [0.2, 0.25) is 5.95 Å². The molecule has 0 radical (unpaired) electrons. The van der Waals surface area contributed by atoms with Crippen LogP contribution in [0.2, 0.25) is 10.0 Å². The molecule has 24 heavy (non-hydrogen) atoms. The summed E-state index contributed by atoms with van der Waals surface area (Å²) in [7, 11) is 0. The van der Waals surface area contributed by atoms with E-state index in [2.05, 4.69) is 51.8 Å². The van der Waals surface area contributed by atoms with Gasteiger partial charge >= 0.3 is 0 Å². The largest absolute Gasteiger partial charge is 0.339 e. The zero-order chi connectivity index (χ0) is 17.1. The Kier molecular flexibility index (Phi) is 4.83. The summed E-state index contributed by atoms with van der Waals surface area (Å²) in [5.41, 5.74) is 3.91. The molecule has 2 N–H and O–H groups in total. The quantitative estimate of drug-likeness (QED) is 0.663. The molecule has 0 fully saturated rings. The van der Waals surface area contributed by atoms with E-state index in [4.69, 9.17) is 23.2 Å². The average molecular weight is 360 g/mol. The van der Waals surface area contributed by atoms with Gasteiger partial charge in [0.05, 0.1) is 21.9 Å². The average Bonchev–Trinajstić information content (AvgIpc) is 2.55. The second-order valence-corrected chi connectivity index (χ2v) is 6.13. The fourth-order valence-corrected chi connectivity index (χ4v) is 2.60. The molecule has 0 saturated carbocycles. The number of nitrogens with zero attached hydrogens (tertiary/aromatic N) is 3. The molecule has 0 saturated heterocycles. The molecule has 0 aliphatic carbocycles. The van der Waals surface area contributed by atoms with Crippen LogP contribution in [0.5, 0.6) is 0 Å². The lowest BCUT2D eigenvalue weighted by Gasteiger charge is -2.10. The van der Waals surface area contributed by atoms with Crippen molar-refractivity contribution in [1.82, 2.24) is 15.2 Å². The number of rotatable bonds is 4. The van der Waals surface area contributed by atoms with Crippen LogP contribution in [-0.4, -0.2) is 15.2 Å². The first-order valence-corrected chi connectivity index (χ1v) is 8.03. The first-order valence-electron chi connectivity index (χ1n) is 7.28. The molecule has 0 amide bonds. The van der Waals surface area contributed by atoms with Gasteiger partial charge in [0.15, 0.2) is 5.82 Å². The topological polar surface area (TPSA) is 62.7 Å². The van der Waals surface area contributed by atoms with E-state index in [9.17, 15) is 0 Å². The summed E-state index contributed by atoms with van der Waals surface area (Å²) in [6, 6.07) is 11.3. The molecule has 0 aliphatic heterocycles. The summed E-state index contributed by atoms with van der Waals surface area (Å²) in [6.45, 7) is 4.13. The predicted molar refractivity (Wildman–Crippen MR) is 98.8 cm³/mol. The number of nitrogens with one attached hydrogen (secondary N) is 2.